The van der Waals surface area contributed by atoms with Gasteiger partial charge in [0.15, 0.2) is 0 Å². The van der Waals surface area contributed by atoms with Crippen molar-refractivity contribution < 1.29 is 4.79 Å². The van der Waals surface area contributed by atoms with Crippen LogP contribution in [0.2, 0.25) is 0 Å². The summed E-state index contributed by atoms with van der Waals surface area (Å²) in [6.07, 6.45) is 11.0. The van der Waals surface area contributed by atoms with E-state index in [-0.39, 0.29) is 11.3 Å². The third-order valence-electron chi connectivity index (χ3n) is 5.37. The Hall–Kier alpha value is -1.31. The van der Waals surface area contributed by atoms with Crippen molar-refractivity contribution in [1.82, 2.24) is 5.32 Å². The maximum absolute atomic E-state index is 12.1. The standard InChI is InChI=1S/C19H27NO/c21-18(12-11-16-7-3-1-4-8-16)20-15-19(13-14-19)17-9-5-2-6-10-17/h2,5-6,9-10,16H,1,3-4,7-8,11-15H2,(H,20,21). The third-order valence-corrected chi connectivity index (χ3v) is 5.37. The molecule has 2 fully saturated rings. The summed E-state index contributed by atoms with van der Waals surface area (Å²) in [7, 11) is 0. The van der Waals surface area contributed by atoms with Crippen LogP contribution in [0, 0.1) is 5.92 Å². The number of carbonyl (C=O) groups is 1. The fourth-order valence-corrected chi connectivity index (χ4v) is 3.68. The Labute approximate surface area is 128 Å². The van der Waals surface area contributed by atoms with Crippen LogP contribution in [0.1, 0.15) is 63.4 Å². The lowest BCUT2D eigenvalue weighted by atomic mass is 9.86. The molecule has 3 rings (SSSR count). The number of rotatable bonds is 6. The third kappa shape index (κ3) is 3.87. The predicted octanol–water partition coefficient (Wildman–Crippen LogP) is 4.19. The summed E-state index contributed by atoms with van der Waals surface area (Å²) in [5.74, 6) is 1.05. The average Bonchev–Trinajstić information content (AvgIpc) is 3.34. The molecule has 0 aliphatic heterocycles. The molecule has 0 unspecified atom stereocenters. The molecular weight excluding hydrogens is 258 g/mol. The van der Waals surface area contributed by atoms with Gasteiger partial charge in [0.05, 0.1) is 0 Å². The molecule has 2 aliphatic rings. The van der Waals surface area contributed by atoms with Crippen molar-refractivity contribution in [3.63, 3.8) is 0 Å². The van der Waals surface area contributed by atoms with Crippen molar-refractivity contribution in [2.24, 2.45) is 5.92 Å². The van der Waals surface area contributed by atoms with Gasteiger partial charge in [0.1, 0.15) is 0 Å². The molecule has 1 aromatic carbocycles. The Morgan fingerprint density at radius 1 is 1.10 bits per heavy atom. The first-order valence-corrected chi connectivity index (χ1v) is 8.61. The van der Waals surface area contributed by atoms with Gasteiger partial charge in [-0.1, -0.05) is 62.4 Å². The second-order valence-electron chi connectivity index (χ2n) is 6.97. The molecule has 0 atom stereocenters. The van der Waals surface area contributed by atoms with Crippen LogP contribution in [0.15, 0.2) is 30.3 Å². The molecule has 0 aromatic heterocycles. The van der Waals surface area contributed by atoms with Gasteiger partial charge in [-0.05, 0) is 30.7 Å². The monoisotopic (exact) mass is 285 g/mol. The zero-order chi connectivity index (χ0) is 14.5. The van der Waals surface area contributed by atoms with Crippen molar-refractivity contribution in [3.05, 3.63) is 35.9 Å². The maximum Gasteiger partial charge on any atom is 0.220 e. The molecule has 1 amide bonds. The van der Waals surface area contributed by atoms with Crippen LogP contribution in [0.3, 0.4) is 0 Å². The summed E-state index contributed by atoms with van der Waals surface area (Å²) >= 11 is 0. The van der Waals surface area contributed by atoms with Crippen LogP contribution in [0.4, 0.5) is 0 Å². The molecule has 0 radical (unpaired) electrons. The number of hydrogen-bond donors (Lipinski definition) is 1. The van der Waals surface area contributed by atoms with E-state index in [1.54, 1.807) is 0 Å². The van der Waals surface area contributed by atoms with Crippen LogP contribution in [-0.2, 0) is 10.2 Å². The molecule has 0 saturated heterocycles. The van der Waals surface area contributed by atoms with Gasteiger partial charge < -0.3 is 5.32 Å². The van der Waals surface area contributed by atoms with Crippen molar-refractivity contribution in [2.45, 2.75) is 63.2 Å². The highest BCUT2D eigenvalue weighted by Crippen LogP contribution is 2.47. The van der Waals surface area contributed by atoms with Crippen LogP contribution in [0.25, 0.3) is 0 Å². The summed E-state index contributed by atoms with van der Waals surface area (Å²) < 4.78 is 0. The van der Waals surface area contributed by atoms with Gasteiger partial charge in [-0.15, -0.1) is 0 Å². The minimum Gasteiger partial charge on any atom is -0.355 e. The lowest BCUT2D eigenvalue weighted by Gasteiger charge is -2.21. The van der Waals surface area contributed by atoms with Gasteiger partial charge in [0.25, 0.3) is 0 Å². The minimum absolute atomic E-state index is 0.238. The van der Waals surface area contributed by atoms with E-state index in [0.29, 0.717) is 0 Å². The molecule has 21 heavy (non-hydrogen) atoms. The number of benzene rings is 1. The molecule has 0 heterocycles. The number of hydrogen-bond acceptors (Lipinski definition) is 1. The smallest absolute Gasteiger partial charge is 0.220 e. The fraction of sp³-hybridized carbons (Fsp3) is 0.632. The van der Waals surface area contributed by atoms with E-state index in [0.717, 1.165) is 25.3 Å². The predicted molar refractivity (Wildman–Crippen MR) is 86.2 cm³/mol. The van der Waals surface area contributed by atoms with E-state index in [9.17, 15) is 4.79 Å². The Morgan fingerprint density at radius 2 is 1.81 bits per heavy atom. The SMILES string of the molecule is O=C(CCC1CCCCC1)NCC1(c2ccccc2)CC1. The second-order valence-corrected chi connectivity index (χ2v) is 6.97. The van der Waals surface area contributed by atoms with Gasteiger partial charge in [-0.3, -0.25) is 4.79 Å². The molecule has 2 saturated carbocycles. The normalized spacial score (nSPS) is 21.0. The van der Waals surface area contributed by atoms with E-state index in [4.69, 9.17) is 0 Å². The number of nitrogens with one attached hydrogen (secondary N) is 1. The van der Waals surface area contributed by atoms with Crippen molar-refractivity contribution in [1.29, 1.82) is 0 Å². The van der Waals surface area contributed by atoms with Crippen LogP contribution in [-0.4, -0.2) is 12.5 Å². The van der Waals surface area contributed by atoms with E-state index in [1.807, 2.05) is 0 Å². The Bertz CT molecular complexity index is 458. The zero-order valence-corrected chi connectivity index (χ0v) is 12.9. The highest BCUT2D eigenvalue weighted by Gasteiger charge is 2.44. The lowest BCUT2D eigenvalue weighted by molar-refractivity contribution is -0.121. The first-order valence-electron chi connectivity index (χ1n) is 8.61. The largest absolute Gasteiger partial charge is 0.355 e. The Morgan fingerprint density at radius 3 is 2.48 bits per heavy atom. The molecule has 114 valence electrons. The van der Waals surface area contributed by atoms with Gasteiger partial charge >= 0.3 is 0 Å². The number of carbonyl (C=O) groups excluding carboxylic acids is 1. The van der Waals surface area contributed by atoms with Crippen molar-refractivity contribution >= 4 is 5.91 Å². The quantitative estimate of drug-likeness (QED) is 0.834. The first kappa shape index (κ1) is 14.6. The summed E-state index contributed by atoms with van der Waals surface area (Å²) in [6.45, 7) is 0.820. The Balaban J connectivity index is 1.41. The van der Waals surface area contributed by atoms with Gasteiger partial charge in [-0.2, -0.15) is 0 Å². The van der Waals surface area contributed by atoms with Crippen molar-refractivity contribution in [2.75, 3.05) is 6.54 Å². The summed E-state index contributed by atoms with van der Waals surface area (Å²) in [5, 5.41) is 3.18. The highest BCUT2D eigenvalue weighted by atomic mass is 16.1. The fourth-order valence-electron chi connectivity index (χ4n) is 3.68. The molecule has 1 N–H and O–H groups in total. The summed E-state index contributed by atoms with van der Waals surface area (Å²) in [6, 6.07) is 10.6. The average molecular weight is 285 g/mol. The van der Waals surface area contributed by atoms with Gasteiger partial charge in [-0.25, -0.2) is 0 Å². The van der Waals surface area contributed by atoms with Gasteiger partial charge in [0.2, 0.25) is 5.91 Å². The number of amides is 1. The molecule has 2 aliphatic carbocycles. The van der Waals surface area contributed by atoms with Crippen LogP contribution < -0.4 is 5.32 Å². The molecule has 2 heteroatoms. The van der Waals surface area contributed by atoms with Crippen LogP contribution in [0.5, 0.6) is 0 Å². The maximum atomic E-state index is 12.1. The van der Waals surface area contributed by atoms with Crippen molar-refractivity contribution in [3.8, 4) is 0 Å². The molecule has 2 nitrogen and oxygen atoms in total. The molecule has 0 bridgehead atoms. The summed E-state index contributed by atoms with van der Waals surface area (Å²) in [4.78, 5) is 12.1. The van der Waals surface area contributed by atoms with E-state index < -0.39 is 0 Å². The zero-order valence-electron chi connectivity index (χ0n) is 12.9. The van der Waals surface area contributed by atoms with E-state index >= 15 is 0 Å². The molecule has 0 spiro atoms. The summed E-state index contributed by atoms with van der Waals surface area (Å²) in [5.41, 5.74) is 1.62. The topological polar surface area (TPSA) is 29.1 Å². The minimum atomic E-state index is 0.238. The lowest BCUT2D eigenvalue weighted by Crippen LogP contribution is -2.32. The Kier molecular flexibility index (Phi) is 4.62. The molecular formula is C19H27NO. The second kappa shape index (κ2) is 6.64. The van der Waals surface area contributed by atoms with E-state index in [1.165, 1.54) is 50.5 Å². The molecule has 1 aromatic rings. The van der Waals surface area contributed by atoms with Gasteiger partial charge in [0, 0.05) is 18.4 Å². The highest BCUT2D eigenvalue weighted by molar-refractivity contribution is 5.76. The van der Waals surface area contributed by atoms with Crippen LogP contribution >= 0.6 is 0 Å². The van der Waals surface area contributed by atoms with E-state index in [2.05, 4.69) is 35.6 Å². The first-order chi connectivity index (χ1) is 10.3.